The van der Waals surface area contributed by atoms with Crippen LogP contribution < -0.4 is 5.56 Å². The summed E-state index contributed by atoms with van der Waals surface area (Å²) in [5, 5.41) is 13.2. The van der Waals surface area contributed by atoms with Crippen molar-refractivity contribution in [2.75, 3.05) is 0 Å². The molecule has 0 saturated carbocycles. The Kier molecular flexibility index (Phi) is 4.00. The number of hydrogen-bond donors (Lipinski definition) is 0. The first-order valence-electron chi connectivity index (χ1n) is 9.90. The second-order valence-electron chi connectivity index (χ2n) is 7.28. The van der Waals surface area contributed by atoms with Gasteiger partial charge >= 0.3 is 0 Å². The summed E-state index contributed by atoms with van der Waals surface area (Å²) in [4.78, 5) is 17.4. The van der Waals surface area contributed by atoms with Gasteiger partial charge in [-0.05, 0) is 19.1 Å². The van der Waals surface area contributed by atoms with E-state index in [1.165, 1.54) is 10.9 Å². The summed E-state index contributed by atoms with van der Waals surface area (Å²) in [5.41, 5.74) is 3.11. The van der Waals surface area contributed by atoms with Gasteiger partial charge in [0.25, 0.3) is 11.4 Å². The zero-order chi connectivity index (χ0) is 21.7. The first-order chi connectivity index (χ1) is 15.7. The molecule has 0 unspecified atom stereocenters. The van der Waals surface area contributed by atoms with E-state index < -0.39 is 0 Å². The standard InChI is InChI=1S/C23H15N5O4/c1-13-18(19(27-32-13)14-7-3-2-4-8-14)22-26-25-17(31-22)11-28-12-24-20-15-9-5-6-10-16(15)30-21(20)23(28)29/h2-10,12H,11H2,1H3. The maximum Gasteiger partial charge on any atom is 0.297 e. The van der Waals surface area contributed by atoms with E-state index in [2.05, 4.69) is 20.3 Å². The molecular weight excluding hydrogens is 410 g/mol. The Balaban J connectivity index is 1.37. The van der Waals surface area contributed by atoms with E-state index in [0.717, 1.165) is 10.9 Å². The average molecular weight is 425 g/mol. The molecule has 32 heavy (non-hydrogen) atoms. The summed E-state index contributed by atoms with van der Waals surface area (Å²) >= 11 is 0. The highest BCUT2D eigenvalue weighted by atomic mass is 16.5. The third-order valence-electron chi connectivity index (χ3n) is 5.25. The van der Waals surface area contributed by atoms with Gasteiger partial charge in [-0.15, -0.1) is 10.2 Å². The first kappa shape index (κ1) is 18.3. The average Bonchev–Trinajstić information content (AvgIpc) is 3.53. The van der Waals surface area contributed by atoms with Crippen molar-refractivity contribution in [2.45, 2.75) is 13.5 Å². The summed E-state index contributed by atoms with van der Waals surface area (Å²) in [5.74, 6) is 1.07. The molecule has 6 aromatic rings. The van der Waals surface area contributed by atoms with Gasteiger partial charge in [0.2, 0.25) is 11.5 Å². The van der Waals surface area contributed by atoms with Crippen molar-refractivity contribution >= 4 is 22.1 Å². The summed E-state index contributed by atoms with van der Waals surface area (Å²) in [6.45, 7) is 1.83. The van der Waals surface area contributed by atoms with Gasteiger partial charge in [0.05, 0.1) is 6.33 Å². The Morgan fingerprint density at radius 1 is 0.969 bits per heavy atom. The Hall–Kier alpha value is -4.53. The predicted octanol–water partition coefficient (Wildman–Crippen LogP) is 4.20. The van der Waals surface area contributed by atoms with Crippen LogP contribution in [0.3, 0.4) is 0 Å². The zero-order valence-electron chi connectivity index (χ0n) is 16.8. The molecule has 156 valence electrons. The van der Waals surface area contributed by atoms with Gasteiger partial charge in [-0.2, -0.15) is 0 Å². The summed E-state index contributed by atoms with van der Waals surface area (Å²) < 4.78 is 18.3. The fraction of sp³-hybridized carbons (Fsp3) is 0.0870. The molecule has 0 aliphatic rings. The van der Waals surface area contributed by atoms with Crippen LogP contribution in [0.1, 0.15) is 11.7 Å². The van der Waals surface area contributed by atoms with Crippen LogP contribution in [-0.4, -0.2) is 24.9 Å². The minimum Gasteiger partial charge on any atom is -0.448 e. The lowest BCUT2D eigenvalue weighted by Crippen LogP contribution is -2.20. The van der Waals surface area contributed by atoms with Crippen LogP contribution in [0.4, 0.5) is 0 Å². The quantitative estimate of drug-likeness (QED) is 0.413. The van der Waals surface area contributed by atoms with Gasteiger partial charge in [0, 0.05) is 10.9 Å². The number of rotatable bonds is 4. The van der Waals surface area contributed by atoms with Crippen LogP contribution >= 0.6 is 0 Å². The van der Waals surface area contributed by atoms with E-state index >= 15 is 0 Å². The third kappa shape index (κ3) is 2.83. The lowest BCUT2D eigenvalue weighted by Gasteiger charge is -2.01. The molecule has 0 spiro atoms. The SMILES string of the molecule is Cc1onc(-c2ccccc2)c1-c1nnc(Cn2cnc3c(oc4ccccc43)c2=O)o1. The molecule has 0 N–H and O–H groups in total. The van der Waals surface area contributed by atoms with E-state index in [0.29, 0.717) is 28.1 Å². The van der Waals surface area contributed by atoms with Crippen LogP contribution in [-0.2, 0) is 6.54 Å². The number of aryl methyl sites for hydroxylation is 1. The molecule has 0 fully saturated rings. The van der Waals surface area contributed by atoms with Crippen molar-refractivity contribution in [3.8, 4) is 22.7 Å². The molecule has 9 nitrogen and oxygen atoms in total. The van der Waals surface area contributed by atoms with Crippen LogP contribution in [0.2, 0.25) is 0 Å². The highest BCUT2D eigenvalue weighted by molar-refractivity contribution is 6.01. The zero-order valence-corrected chi connectivity index (χ0v) is 16.8. The maximum atomic E-state index is 12.9. The van der Waals surface area contributed by atoms with Gasteiger partial charge in [-0.25, -0.2) is 4.98 Å². The van der Waals surface area contributed by atoms with Gasteiger partial charge < -0.3 is 13.4 Å². The molecule has 0 aliphatic heterocycles. The largest absolute Gasteiger partial charge is 0.448 e. The third-order valence-corrected chi connectivity index (χ3v) is 5.25. The molecule has 0 amide bonds. The molecule has 2 aromatic carbocycles. The molecule has 4 aromatic heterocycles. The molecule has 0 aliphatic carbocycles. The second-order valence-corrected chi connectivity index (χ2v) is 7.28. The van der Waals surface area contributed by atoms with Gasteiger partial charge in [0.1, 0.15) is 34.7 Å². The van der Waals surface area contributed by atoms with E-state index in [1.54, 1.807) is 13.0 Å². The minimum atomic E-state index is -0.322. The number of nitrogens with zero attached hydrogens (tertiary/aromatic N) is 5. The lowest BCUT2D eigenvalue weighted by atomic mass is 10.1. The Morgan fingerprint density at radius 3 is 2.66 bits per heavy atom. The van der Waals surface area contributed by atoms with Crippen LogP contribution in [0, 0.1) is 6.92 Å². The predicted molar refractivity (Wildman–Crippen MR) is 115 cm³/mol. The van der Waals surface area contributed by atoms with Crippen LogP contribution in [0.25, 0.3) is 44.8 Å². The summed E-state index contributed by atoms with van der Waals surface area (Å²) in [7, 11) is 0. The maximum absolute atomic E-state index is 12.9. The molecule has 0 bridgehead atoms. The summed E-state index contributed by atoms with van der Waals surface area (Å²) in [6.07, 6.45) is 1.45. The smallest absolute Gasteiger partial charge is 0.297 e. The lowest BCUT2D eigenvalue weighted by molar-refractivity contribution is 0.399. The first-order valence-corrected chi connectivity index (χ1v) is 9.90. The molecule has 0 atom stereocenters. The normalized spacial score (nSPS) is 11.5. The molecule has 0 radical (unpaired) electrons. The Morgan fingerprint density at radius 2 is 1.78 bits per heavy atom. The highest BCUT2D eigenvalue weighted by Crippen LogP contribution is 2.33. The minimum absolute atomic E-state index is 0.0524. The number of furan rings is 1. The monoisotopic (exact) mass is 425 g/mol. The fourth-order valence-electron chi connectivity index (χ4n) is 3.71. The van der Waals surface area contributed by atoms with Gasteiger partial charge in [0.15, 0.2) is 0 Å². The molecular formula is C23H15N5O4. The van der Waals surface area contributed by atoms with Crippen molar-refractivity contribution in [1.82, 2.24) is 24.9 Å². The van der Waals surface area contributed by atoms with Gasteiger partial charge in [-0.1, -0.05) is 47.6 Å². The Labute approximate surface area is 179 Å². The van der Waals surface area contributed by atoms with E-state index in [4.69, 9.17) is 13.4 Å². The number of benzene rings is 2. The fourth-order valence-corrected chi connectivity index (χ4v) is 3.71. The number of hydrogen-bond acceptors (Lipinski definition) is 8. The number of aromatic nitrogens is 5. The van der Waals surface area contributed by atoms with E-state index in [1.807, 2.05) is 48.5 Å². The van der Waals surface area contributed by atoms with Crippen LogP contribution in [0.15, 0.2) is 79.1 Å². The molecule has 0 saturated heterocycles. The second kappa shape index (κ2) is 7.02. The Bertz CT molecular complexity index is 1640. The molecule has 9 heteroatoms. The van der Waals surface area contributed by atoms with Crippen molar-refractivity contribution in [3.63, 3.8) is 0 Å². The van der Waals surface area contributed by atoms with Gasteiger partial charge in [-0.3, -0.25) is 9.36 Å². The summed E-state index contributed by atoms with van der Waals surface area (Å²) in [6, 6.07) is 17.0. The van der Waals surface area contributed by atoms with E-state index in [9.17, 15) is 4.79 Å². The molecule has 6 rings (SSSR count). The van der Waals surface area contributed by atoms with E-state index in [-0.39, 0.29) is 29.5 Å². The number of para-hydroxylation sites is 1. The number of fused-ring (bicyclic) bond motifs is 3. The molecule has 4 heterocycles. The van der Waals surface area contributed by atoms with Crippen molar-refractivity contribution < 1.29 is 13.4 Å². The van der Waals surface area contributed by atoms with Crippen molar-refractivity contribution in [2.24, 2.45) is 0 Å². The van der Waals surface area contributed by atoms with Crippen molar-refractivity contribution in [3.05, 3.63) is 82.9 Å². The van der Waals surface area contributed by atoms with Crippen LogP contribution in [0.5, 0.6) is 0 Å². The topological polar surface area (TPSA) is 113 Å². The van der Waals surface area contributed by atoms with Crippen molar-refractivity contribution in [1.29, 1.82) is 0 Å². The highest BCUT2D eigenvalue weighted by Gasteiger charge is 2.22.